The predicted molar refractivity (Wildman–Crippen MR) is 87.0 cm³/mol. The van der Waals surface area contributed by atoms with E-state index in [0.29, 0.717) is 0 Å². The summed E-state index contributed by atoms with van der Waals surface area (Å²) in [5.41, 5.74) is 4.33. The maximum atomic E-state index is 5.90. The summed E-state index contributed by atoms with van der Waals surface area (Å²) < 4.78 is 0. The Bertz CT molecular complexity index is 719. The van der Waals surface area contributed by atoms with Crippen molar-refractivity contribution < 1.29 is 0 Å². The van der Waals surface area contributed by atoms with Gasteiger partial charge in [-0.15, -0.1) is 11.3 Å². The first-order valence-corrected chi connectivity index (χ1v) is 7.52. The lowest BCUT2D eigenvalue weighted by Gasteiger charge is -2.05. The molecule has 0 saturated heterocycles. The molecular weight excluding hydrogens is 288 g/mol. The van der Waals surface area contributed by atoms with E-state index in [4.69, 9.17) is 11.6 Å². The summed E-state index contributed by atoms with van der Waals surface area (Å²) in [4.78, 5) is 4.61. The topological polar surface area (TPSA) is 24.9 Å². The number of nitrogens with one attached hydrogen (secondary N) is 1. The standard InChI is InChI=1S/C16H13ClN2S/c1-11-4-2-3-5-14(11)18-16-19-15(10-20-16)12-6-8-13(17)9-7-12/h2-10H,1H3,(H,18,19). The number of halogens is 1. The Labute approximate surface area is 127 Å². The molecule has 1 aromatic heterocycles. The summed E-state index contributed by atoms with van der Waals surface area (Å²) >= 11 is 7.50. The van der Waals surface area contributed by atoms with Gasteiger partial charge in [0, 0.05) is 21.7 Å². The molecule has 0 fully saturated rings. The molecule has 1 heterocycles. The third-order valence-electron chi connectivity index (χ3n) is 3.03. The van der Waals surface area contributed by atoms with Crippen LogP contribution in [0.25, 0.3) is 11.3 Å². The number of aromatic nitrogens is 1. The first-order chi connectivity index (χ1) is 9.72. The Morgan fingerprint density at radius 2 is 1.80 bits per heavy atom. The molecular formula is C16H13ClN2S. The van der Waals surface area contributed by atoms with Gasteiger partial charge in [0.15, 0.2) is 5.13 Å². The van der Waals surface area contributed by atoms with E-state index < -0.39 is 0 Å². The highest BCUT2D eigenvalue weighted by atomic mass is 35.5. The number of aryl methyl sites for hydroxylation is 1. The summed E-state index contributed by atoms with van der Waals surface area (Å²) in [5.74, 6) is 0. The second-order valence-corrected chi connectivity index (χ2v) is 5.78. The van der Waals surface area contributed by atoms with Gasteiger partial charge in [-0.3, -0.25) is 0 Å². The second-order valence-electron chi connectivity index (χ2n) is 4.48. The van der Waals surface area contributed by atoms with Crippen molar-refractivity contribution in [3.8, 4) is 11.3 Å². The van der Waals surface area contributed by atoms with Gasteiger partial charge in [0.1, 0.15) is 0 Å². The summed E-state index contributed by atoms with van der Waals surface area (Å²) in [6.07, 6.45) is 0. The third kappa shape index (κ3) is 2.84. The molecule has 100 valence electrons. The number of hydrogen-bond donors (Lipinski definition) is 1. The molecule has 3 rings (SSSR count). The molecule has 0 aliphatic carbocycles. The van der Waals surface area contributed by atoms with Gasteiger partial charge in [0.05, 0.1) is 5.69 Å². The van der Waals surface area contributed by atoms with Crippen molar-refractivity contribution in [3.63, 3.8) is 0 Å². The minimum absolute atomic E-state index is 0.738. The fraction of sp³-hybridized carbons (Fsp3) is 0.0625. The van der Waals surface area contributed by atoms with Crippen LogP contribution in [0.3, 0.4) is 0 Å². The van der Waals surface area contributed by atoms with Gasteiger partial charge >= 0.3 is 0 Å². The van der Waals surface area contributed by atoms with Crippen molar-refractivity contribution in [1.82, 2.24) is 4.98 Å². The van der Waals surface area contributed by atoms with E-state index >= 15 is 0 Å². The van der Waals surface area contributed by atoms with Crippen molar-refractivity contribution in [2.75, 3.05) is 5.32 Å². The van der Waals surface area contributed by atoms with Crippen molar-refractivity contribution in [1.29, 1.82) is 0 Å². The van der Waals surface area contributed by atoms with Gasteiger partial charge in [-0.25, -0.2) is 4.98 Å². The normalized spacial score (nSPS) is 10.5. The van der Waals surface area contributed by atoms with Gasteiger partial charge in [-0.05, 0) is 30.7 Å². The molecule has 2 nitrogen and oxygen atoms in total. The van der Waals surface area contributed by atoms with E-state index in [2.05, 4.69) is 29.4 Å². The number of thiazole rings is 1. The number of rotatable bonds is 3. The maximum absolute atomic E-state index is 5.90. The van der Waals surface area contributed by atoms with Crippen LogP contribution < -0.4 is 5.32 Å². The fourth-order valence-corrected chi connectivity index (χ4v) is 2.77. The van der Waals surface area contributed by atoms with Crippen LogP contribution in [0.2, 0.25) is 5.02 Å². The molecule has 0 spiro atoms. The average Bonchev–Trinajstić information content (AvgIpc) is 2.91. The zero-order valence-electron chi connectivity index (χ0n) is 10.9. The van der Waals surface area contributed by atoms with Gasteiger partial charge in [-0.2, -0.15) is 0 Å². The lowest BCUT2D eigenvalue weighted by Crippen LogP contribution is -1.91. The number of nitrogens with zero attached hydrogens (tertiary/aromatic N) is 1. The summed E-state index contributed by atoms with van der Waals surface area (Å²) in [7, 11) is 0. The van der Waals surface area contributed by atoms with Crippen molar-refractivity contribution in [2.45, 2.75) is 6.92 Å². The summed E-state index contributed by atoms with van der Waals surface area (Å²) in [6.45, 7) is 2.08. The Morgan fingerprint density at radius 1 is 1.05 bits per heavy atom. The highest BCUT2D eigenvalue weighted by molar-refractivity contribution is 7.14. The first kappa shape index (κ1) is 13.2. The molecule has 4 heteroatoms. The van der Waals surface area contributed by atoms with E-state index in [1.165, 1.54) is 5.56 Å². The Kier molecular flexibility index (Phi) is 3.72. The molecule has 1 N–H and O–H groups in total. The highest BCUT2D eigenvalue weighted by Crippen LogP contribution is 2.28. The second kappa shape index (κ2) is 5.65. The van der Waals surface area contributed by atoms with Crippen LogP contribution in [0.1, 0.15) is 5.56 Å². The average molecular weight is 301 g/mol. The van der Waals surface area contributed by atoms with Crippen LogP contribution in [0.4, 0.5) is 10.8 Å². The lowest BCUT2D eigenvalue weighted by molar-refractivity contribution is 1.36. The van der Waals surface area contributed by atoms with Crippen LogP contribution in [0, 0.1) is 6.92 Å². The third-order valence-corrected chi connectivity index (χ3v) is 4.04. The van der Waals surface area contributed by atoms with E-state index in [0.717, 1.165) is 27.1 Å². The monoisotopic (exact) mass is 300 g/mol. The SMILES string of the molecule is Cc1ccccc1Nc1nc(-c2ccc(Cl)cc2)cs1. The van der Waals surface area contributed by atoms with E-state index in [9.17, 15) is 0 Å². The van der Waals surface area contributed by atoms with E-state index in [-0.39, 0.29) is 0 Å². The minimum atomic E-state index is 0.738. The molecule has 20 heavy (non-hydrogen) atoms. The maximum Gasteiger partial charge on any atom is 0.187 e. The van der Waals surface area contributed by atoms with Gasteiger partial charge in [0.25, 0.3) is 0 Å². The molecule has 0 atom stereocenters. The Morgan fingerprint density at radius 3 is 2.55 bits per heavy atom. The zero-order valence-corrected chi connectivity index (χ0v) is 12.5. The van der Waals surface area contributed by atoms with Crippen LogP contribution >= 0.6 is 22.9 Å². The number of para-hydroxylation sites is 1. The minimum Gasteiger partial charge on any atom is -0.331 e. The molecule has 0 aliphatic rings. The molecule has 0 unspecified atom stereocenters. The van der Waals surface area contributed by atoms with Crippen LogP contribution in [0.15, 0.2) is 53.9 Å². The van der Waals surface area contributed by atoms with Crippen LogP contribution in [-0.4, -0.2) is 4.98 Å². The fourth-order valence-electron chi connectivity index (χ4n) is 1.91. The lowest BCUT2D eigenvalue weighted by atomic mass is 10.2. The Balaban J connectivity index is 1.84. The molecule has 0 saturated carbocycles. The molecule has 3 aromatic rings. The van der Waals surface area contributed by atoms with E-state index in [1.807, 2.05) is 41.8 Å². The summed E-state index contributed by atoms with van der Waals surface area (Å²) in [6, 6.07) is 15.9. The smallest absolute Gasteiger partial charge is 0.187 e. The largest absolute Gasteiger partial charge is 0.331 e. The van der Waals surface area contributed by atoms with Crippen molar-refractivity contribution >= 4 is 33.8 Å². The zero-order chi connectivity index (χ0) is 13.9. The number of benzene rings is 2. The quantitative estimate of drug-likeness (QED) is 0.689. The van der Waals surface area contributed by atoms with Gasteiger partial charge in [-0.1, -0.05) is 41.9 Å². The molecule has 2 aromatic carbocycles. The van der Waals surface area contributed by atoms with Gasteiger partial charge < -0.3 is 5.32 Å². The molecule has 0 amide bonds. The number of hydrogen-bond acceptors (Lipinski definition) is 3. The van der Waals surface area contributed by atoms with Crippen LogP contribution in [-0.2, 0) is 0 Å². The van der Waals surface area contributed by atoms with Crippen molar-refractivity contribution in [3.05, 3.63) is 64.5 Å². The molecule has 0 radical (unpaired) electrons. The predicted octanol–water partition coefficient (Wildman–Crippen LogP) is 5.52. The molecule has 0 bridgehead atoms. The highest BCUT2D eigenvalue weighted by Gasteiger charge is 2.05. The summed E-state index contributed by atoms with van der Waals surface area (Å²) in [5, 5.41) is 7.03. The van der Waals surface area contributed by atoms with Crippen molar-refractivity contribution in [2.24, 2.45) is 0 Å². The van der Waals surface area contributed by atoms with Gasteiger partial charge in [0.2, 0.25) is 0 Å². The van der Waals surface area contributed by atoms with E-state index in [1.54, 1.807) is 11.3 Å². The molecule has 0 aliphatic heterocycles. The number of anilines is 2. The first-order valence-electron chi connectivity index (χ1n) is 6.26. The van der Waals surface area contributed by atoms with Crippen LogP contribution in [0.5, 0.6) is 0 Å². The Hall–Kier alpha value is -1.84.